The van der Waals surface area contributed by atoms with Crippen molar-refractivity contribution in [1.29, 1.82) is 0 Å². The lowest BCUT2D eigenvalue weighted by Gasteiger charge is -2.40. The summed E-state index contributed by atoms with van der Waals surface area (Å²) in [5.74, 6) is -0.263. The van der Waals surface area contributed by atoms with Gasteiger partial charge in [-0.15, -0.1) is 0 Å². The molecule has 6 N–H and O–H groups in total. The van der Waals surface area contributed by atoms with E-state index in [9.17, 15) is 30.3 Å². The third-order valence-electron chi connectivity index (χ3n) is 10.9. The van der Waals surface area contributed by atoms with Crippen LogP contribution in [-0.4, -0.2) is 87.5 Å². The van der Waals surface area contributed by atoms with Gasteiger partial charge < -0.3 is 40.3 Å². The summed E-state index contributed by atoms with van der Waals surface area (Å²) in [6.45, 7) is 3.24. The molecule has 0 aliphatic carbocycles. The highest BCUT2D eigenvalue weighted by atomic mass is 16.7. The van der Waals surface area contributed by atoms with Gasteiger partial charge in [-0.3, -0.25) is 4.79 Å². The Morgan fingerprint density at radius 3 is 1.40 bits per heavy atom. The van der Waals surface area contributed by atoms with Gasteiger partial charge in [0.1, 0.15) is 24.4 Å². The van der Waals surface area contributed by atoms with E-state index in [-0.39, 0.29) is 18.9 Å². The van der Waals surface area contributed by atoms with E-state index < -0.39 is 49.5 Å². The third kappa shape index (κ3) is 26.4. The molecule has 1 aliphatic heterocycles. The van der Waals surface area contributed by atoms with Crippen LogP contribution in [0.15, 0.2) is 12.2 Å². The van der Waals surface area contributed by atoms with E-state index in [1.807, 2.05) is 6.08 Å². The van der Waals surface area contributed by atoms with Crippen molar-refractivity contribution < 1.29 is 39.8 Å². The first kappa shape index (κ1) is 49.9. The molecule has 7 atom stereocenters. The first-order chi connectivity index (χ1) is 25.8. The number of hydrogen-bond donors (Lipinski definition) is 6. The Kier molecular flexibility index (Phi) is 33.3. The number of hydrogen-bond acceptors (Lipinski definition) is 8. The van der Waals surface area contributed by atoms with Gasteiger partial charge in [0.25, 0.3) is 0 Å². The van der Waals surface area contributed by atoms with E-state index in [2.05, 4.69) is 12.2 Å². The number of nitrogens with one attached hydrogen (secondary N) is 1. The van der Waals surface area contributed by atoms with Gasteiger partial charge in [0, 0.05) is 6.42 Å². The normalized spacial score (nSPS) is 21.7. The van der Waals surface area contributed by atoms with E-state index in [0.29, 0.717) is 0 Å². The largest absolute Gasteiger partial charge is 0.394 e. The average Bonchev–Trinajstić information content (AvgIpc) is 3.16. The highest BCUT2D eigenvalue weighted by Crippen LogP contribution is 2.23. The molecular weight excluding hydrogens is 670 g/mol. The molecule has 9 heteroatoms. The Hall–Kier alpha value is -1.07. The van der Waals surface area contributed by atoms with Crippen LogP contribution in [0.25, 0.3) is 0 Å². The highest BCUT2D eigenvalue weighted by molar-refractivity contribution is 5.75. The molecule has 1 heterocycles. The van der Waals surface area contributed by atoms with Crippen molar-refractivity contribution >= 4 is 5.91 Å². The van der Waals surface area contributed by atoms with Crippen molar-refractivity contribution in [3.63, 3.8) is 0 Å². The van der Waals surface area contributed by atoms with Crippen molar-refractivity contribution in [2.24, 2.45) is 0 Å². The minimum absolute atomic E-state index is 0.195. The molecule has 0 saturated carbocycles. The van der Waals surface area contributed by atoms with E-state index in [1.165, 1.54) is 167 Å². The molecule has 0 aromatic rings. The zero-order valence-electron chi connectivity index (χ0n) is 34.3. The number of aliphatic hydroxyl groups is 5. The van der Waals surface area contributed by atoms with Gasteiger partial charge >= 0.3 is 0 Å². The second-order valence-corrected chi connectivity index (χ2v) is 15.8. The van der Waals surface area contributed by atoms with E-state index in [1.54, 1.807) is 13.0 Å². The molecule has 1 aliphatic rings. The van der Waals surface area contributed by atoms with Gasteiger partial charge in [-0.2, -0.15) is 0 Å². The van der Waals surface area contributed by atoms with Gasteiger partial charge in [-0.1, -0.05) is 199 Å². The number of ether oxygens (including phenoxy) is 2. The molecule has 314 valence electrons. The van der Waals surface area contributed by atoms with Gasteiger partial charge in [0.05, 0.1) is 25.4 Å². The Morgan fingerprint density at radius 1 is 0.623 bits per heavy atom. The molecule has 53 heavy (non-hydrogen) atoms. The molecule has 1 rings (SSSR count). The second kappa shape index (κ2) is 35.4. The Bertz CT molecular complexity index is 842. The molecule has 1 amide bonds. The van der Waals surface area contributed by atoms with E-state index in [4.69, 9.17) is 9.47 Å². The minimum Gasteiger partial charge on any atom is -0.394 e. The van der Waals surface area contributed by atoms with Crippen LogP contribution in [0.5, 0.6) is 0 Å². The lowest BCUT2D eigenvalue weighted by atomic mass is 9.99. The fourth-order valence-corrected chi connectivity index (χ4v) is 7.24. The fourth-order valence-electron chi connectivity index (χ4n) is 7.24. The molecule has 0 aromatic heterocycles. The van der Waals surface area contributed by atoms with Crippen molar-refractivity contribution in [2.75, 3.05) is 13.2 Å². The fraction of sp³-hybridized carbons (Fsp3) is 0.932. The van der Waals surface area contributed by atoms with Gasteiger partial charge in [0.15, 0.2) is 6.29 Å². The Balaban J connectivity index is 1.95. The summed E-state index contributed by atoms with van der Waals surface area (Å²) in [4.78, 5) is 12.1. The minimum atomic E-state index is -1.56. The van der Waals surface area contributed by atoms with E-state index >= 15 is 0 Å². The maximum atomic E-state index is 12.1. The molecule has 0 spiro atoms. The number of unbranched alkanes of at least 4 members (excludes halogenated alkanes) is 28. The van der Waals surface area contributed by atoms with Crippen LogP contribution in [0.1, 0.15) is 206 Å². The second-order valence-electron chi connectivity index (χ2n) is 15.8. The lowest BCUT2D eigenvalue weighted by Crippen LogP contribution is -2.60. The average molecular weight is 756 g/mol. The SMILES string of the molecule is CCCCCCCCCCCCCCCCCCCCCCCCCCCCCC/C=C/C(O)C(COC1OC(CO)C(O)C(O)C1O)NC(=O)CC. The molecule has 1 fully saturated rings. The summed E-state index contributed by atoms with van der Waals surface area (Å²) in [6, 6.07) is -0.797. The van der Waals surface area contributed by atoms with Crippen LogP contribution in [0.3, 0.4) is 0 Å². The van der Waals surface area contributed by atoms with Crippen LogP contribution in [0, 0.1) is 0 Å². The van der Waals surface area contributed by atoms with Crippen molar-refractivity contribution in [3.8, 4) is 0 Å². The van der Waals surface area contributed by atoms with Crippen LogP contribution < -0.4 is 5.32 Å². The predicted molar refractivity (Wildman–Crippen MR) is 217 cm³/mol. The highest BCUT2D eigenvalue weighted by Gasteiger charge is 2.44. The first-order valence-corrected chi connectivity index (χ1v) is 22.4. The molecule has 7 unspecified atom stereocenters. The summed E-state index contributed by atoms with van der Waals surface area (Å²) in [5.41, 5.74) is 0. The zero-order valence-corrected chi connectivity index (χ0v) is 34.3. The summed E-state index contributed by atoms with van der Waals surface area (Å²) < 4.78 is 11.0. The number of carbonyl (C=O) groups excluding carboxylic acids is 1. The lowest BCUT2D eigenvalue weighted by molar-refractivity contribution is -0.302. The van der Waals surface area contributed by atoms with Crippen molar-refractivity contribution in [3.05, 3.63) is 12.2 Å². The zero-order chi connectivity index (χ0) is 38.8. The van der Waals surface area contributed by atoms with Crippen molar-refractivity contribution in [2.45, 2.75) is 249 Å². The summed E-state index contributed by atoms with van der Waals surface area (Å²) in [5, 5.41) is 53.0. The molecule has 0 bridgehead atoms. The summed E-state index contributed by atoms with van der Waals surface area (Å²) in [6.07, 6.45) is 35.3. The third-order valence-corrected chi connectivity index (χ3v) is 10.9. The van der Waals surface area contributed by atoms with Crippen LogP contribution in [0.2, 0.25) is 0 Å². The number of aliphatic hydroxyl groups excluding tert-OH is 5. The van der Waals surface area contributed by atoms with Gasteiger partial charge in [-0.25, -0.2) is 0 Å². The quantitative estimate of drug-likeness (QED) is 0.0272. The van der Waals surface area contributed by atoms with Crippen LogP contribution in [0.4, 0.5) is 0 Å². The molecule has 9 nitrogen and oxygen atoms in total. The predicted octanol–water partition coefficient (Wildman–Crippen LogP) is 8.95. The van der Waals surface area contributed by atoms with Crippen molar-refractivity contribution in [1.82, 2.24) is 5.32 Å². The maximum Gasteiger partial charge on any atom is 0.220 e. The molecule has 0 aromatic carbocycles. The standard InChI is InChI=1S/C44H85NO8/c1-3-5-6-7-8-9-10-11-12-13-14-15-16-17-18-19-20-21-22-23-24-25-26-27-28-29-30-31-32-33-34-38(47)37(45-40(48)4-2)36-52-44-43(51)42(50)41(49)39(35-46)53-44/h33-34,37-39,41-44,46-47,49-51H,3-32,35-36H2,1-2H3,(H,45,48)/b34-33+. The van der Waals surface area contributed by atoms with Crippen LogP contribution in [-0.2, 0) is 14.3 Å². The summed E-state index contributed by atoms with van der Waals surface area (Å²) >= 11 is 0. The molecule has 1 saturated heterocycles. The Labute approximate surface area is 325 Å². The maximum absolute atomic E-state index is 12.1. The molecule has 0 radical (unpaired) electrons. The number of rotatable bonds is 37. The summed E-state index contributed by atoms with van der Waals surface area (Å²) in [7, 11) is 0. The topological polar surface area (TPSA) is 149 Å². The monoisotopic (exact) mass is 756 g/mol. The molecular formula is C44H85NO8. The first-order valence-electron chi connectivity index (χ1n) is 22.4. The Morgan fingerprint density at radius 2 is 1.02 bits per heavy atom. The number of amides is 1. The van der Waals surface area contributed by atoms with E-state index in [0.717, 1.165) is 19.3 Å². The number of carbonyl (C=O) groups is 1. The smallest absolute Gasteiger partial charge is 0.220 e. The van der Waals surface area contributed by atoms with Crippen LogP contribution >= 0.6 is 0 Å². The van der Waals surface area contributed by atoms with Gasteiger partial charge in [0.2, 0.25) is 5.91 Å². The number of allylic oxidation sites excluding steroid dienone is 1. The van der Waals surface area contributed by atoms with Gasteiger partial charge in [-0.05, 0) is 12.8 Å².